The fourth-order valence-corrected chi connectivity index (χ4v) is 8.58. The van der Waals surface area contributed by atoms with Crippen LogP contribution in [0.3, 0.4) is 0 Å². The van der Waals surface area contributed by atoms with Crippen LogP contribution in [0.5, 0.6) is 28.9 Å². The normalized spacial score (nSPS) is 13.4. The molecule has 14 heteroatoms. The quantitative estimate of drug-likeness (QED) is 0.0932. The number of aliphatic carboxylic acids is 1. The second-order valence-electron chi connectivity index (χ2n) is 14.9. The molecule has 1 atom stereocenters. The largest absolute Gasteiger partial charge is 0.497 e. The molecule has 12 nitrogen and oxygen atoms in total. The maximum atomic E-state index is 13.0. The summed E-state index contributed by atoms with van der Waals surface area (Å²) in [5.41, 5.74) is 5.70. The van der Waals surface area contributed by atoms with Crippen LogP contribution in [-0.2, 0) is 17.8 Å². The number of carboxylic acid groups (broad SMARTS) is 1. The van der Waals surface area contributed by atoms with E-state index in [-0.39, 0.29) is 18.9 Å². The van der Waals surface area contributed by atoms with Crippen LogP contribution in [0, 0.1) is 6.92 Å². The predicted molar refractivity (Wildman–Crippen MR) is 241 cm³/mol. The molecule has 1 unspecified atom stereocenters. The highest BCUT2D eigenvalue weighted by Crippen LogP contribution is 2.46. The number of aromatic nitrogens is 4. The Balaban J connectivity index is 1.10. The lowest BCUT2D eigenvalue weighted by Crippen LogP contribution is -2.33. The fraction of sp³-hybridized carbons (Fsp3) is 0.271. The molecule has 318 valence electrons. The van der Waals surface area contributed by atoms with Crippen molar-refractivity contribution in [2.75, 3.05) is 40.5 Å². The van der Waals surface area contributed by atoms with Gasteiger partial charge in [0.15, 0.2) is 5.82 Å². The zero-order valence-corrected chi connectivity index (χ0v) is 36.2. The molecule has 1 aliphatic heterocycles. The van der Waals surface area contributed by atoms with E-state index in [9.17, 15) is 9.90 Å². The van der Waals surface area contributed by atoms with Gasteiger partial charge in [-0.15, -0.1) is 0 Å². The van der Waals surface area contributed by atoms with Crippen molar-refractivity contribution in [2.24, 2.45) is 0 Å². The lowest BCUT2D eigenvalue weighted by molar-refractivity contribution is -0.145. The molecule has 1 aliphatic rings. The lowest BCUT2D eigenvalue weighted by Gasteiger charge is -2.26. The van der Waals surface area contributed by atoms with Crippen LogP contribution < -0.4 is 23.7 Å². The zero-order chi connectivity index (χ0) is 43.0. The van der Waals surface area contributed by atoms with E-state index in [0.717, 1.165) is 41.9 Å². The number of carbonyl (C=O) groups is 1. The number of rotatable bonds is 17. The molecule has 0 amide bonds. The molecule has 0 bridgehead atoms. The first kappa shape index (κ1) is 42.4. The van der Waals surface area contributed by atoms with Crippen molar-refractivity contribution in [1.29, 1.82) is 0 Å². The summed E-state index contributed by atoms with van der Waals surface area (Å²) in [6.45, 7) is 5.58. The minimum atomic E-state index is -1.33. The van der Waals surface area contributed by atoms with Gasteiger partial charge in [-0.05, 0) is 104 Å². The van der Waals surface area contributed by atoms with Gasteiger partial charge in [0.25, 0.3) is 0 Å². The van der Waals surface area contributed by atoms with E-state index in [1.54, 1.807) is 38.7 Å². The van der Waals surface area contributed by atoms with Gasteiger partial charge in [-0.3, -0.25) is 9.88 Å². The van der Waals surface area contributed by atoms with Crippen molar-refractivity contribution < 1.29 is 33.6 Å². The number of pyridine rings is 1. The first-order chi connectivity index (χ1) is 30.3. The van der Waals surface area contributed by atoms with Crippen molar-refractivity contribution in [1.82, 2.24) is 24.2 Å². The number of likely N-dealkylation sites (tertiary alicyclic amines) is 1. The maximum Gasteiger partial charge on any atom is 0.345 e. The molecule has 0 aliphatic carbocycles. The molecule has 8 rings (SSSR count). The van der Waals surface area contributed by atoms with Gasteiger partial charge in [0, 0.05) is 36.5 Å². The summed E-state index contributed by atoms with van der Waals surface area (Å²) in [6.07, 6.45) is 5.75. The van der Waals surface area contributed by atoms with Crippen molar-refractivity contribution in [2.45, 2.75) is 45.3 Å². The maximum absolute atomic E-state index is 13.0. The van der Waals surface area contributed by atoms with Gasteiger partial charge < -0.3 is 28.8 Å². The molecule has 3 aromatic heterocycles. The Morgan fingerprint density at radius 1 is 0.871 bits per heavy atom. The van der Waals surface area contributed by atoms with Gasteiger partial charge in [0.1, 0.15) is 36.2 Å². The van der Waals surface area contributed by atoms with Crippen LogP contribution in [0.25, 0.3) is 43.9 Å². The minimum absolute atomic E-state index is 0.0156. The molecule has 0 spiro atoms. The van der Waals surface area contributed by atoms with E-state index in [0.29, 0.717) is 73.1 Å². The summed E-state index contributed by atoms with van der Waals surface area (Å²) in [7, 11) is 3.22. The average molecular weight is 872 g/mol. The molecule has 1 N–H and O–H groups in total. The molecular formula is C48H46ClN5O7S. The molecule has 4 heterocycles. The van der Waals surface area contributed by atoms with Crippen molar-refractivity contribution >= 4 is 39.2 Å². The van der Waals surface area contributed by atoms with Crippen LogP contribution in [0.4, 0.5) is 0 Å². The predicted octanol–water partition coefficient (Wildman–Crippen LogP) is 9.98. The van der Waals surface area contributed by atoms with Gasteiger partial charge in [0.2, 0.25) is 12.0 Å². The third-order valence-electron chi connectivity index (χ3n) is 10.9. The Labute approximate surface area is 369 Å². The zero-order valence-electron chi connectivity index (χ0n) is 34.7. The van der Waals surface area contributed by atoms with Crippen molar-refractivity contribution in [3.8, 4) is 62.7 Å². The molecule has 4 aromatic carbocycles. The number of hydrogen-bond acceptors (Lipinski definition) is 12. The fourth-order valence-electron chi connectivity index (χ4n) is 7.67. The Hall–Kier alpha value is -6.28. The van der Waals surface area contributed by atoms with Crippen LogP contribution in [0.15, 0.2) is 103 Å². The Kier molecular flexibility index (Phi) is 13.4. The number of para-hydroxylation sites is 2. The molecule has 1 saturated heterocycles. The van der Waals surface area contributed by atoms with Gasteiger partial charge >= 0.3 is 5.97 Å². The van der Waals surface area contributed by atoms with E-state index in [4.69, 9.17) is 45.3 Å². The van der Waals surface area contributed by atoms with Gasteiger partial charge in [0.05, 0.1) is 46.3 Å². The third kappa shape index (κ3) is 9.45. The van der Waals surface area contributed by atoms with E-state index < -0.39 is 12.1 Å². The Morgan fingerprint density at radius 3 is 2.48 bits per heavy atom. The second kappa shape index (κ2) is 19.6. The minimum Gasteiger partial charge on any atom is -0.497 e. The number of methoxy groups -OCH3 is 2. The molecule has 62 heavy (non-hydrogen) atoms. The summed E-state index contributed by atoms with van der Waals surface area (Å²) < 4.78 is 35.5. The summed E-state index contributed by atoms with van der Waals surface area (Å²) >= 11 is 8.28. The molecule has 1 fully saturated rings. The standard InChI is InChI=1S/C48H46ClN5O7S/c1-30-35(18-19-39(44(30)49)59-25-24-54-22-9-4-10-23-54)42-43-41(28-51-45(42)32-13-11-14-34(26-32)57-2)62-53-47(43)61-40(48(55)56)27-31-12-5-7-16-37(31)60-29-33-20-21-50-46(52-33)36-15-6-8-17-38(36)58-3/h5-8,11-21,26,28,40H,4,9-10,22-25,27,29H2,1-3H3,(H,55,56). The van der Waals surface area contributed by atoms with Crippen LogP contribution in [0.2, 0.25) is 5.02 Å². The van der Waals surface area contributed by atoms with E-state index >= 15 is 0 Å². The SMILES string of the molecule is COc1cccc(-c2ncc3snc(OC(Cc4ccccc4OCc4ccnc(-c5ccccc5OC)n4)C(=O)O)c3c2-c2ccc(OCCN3CCCCC3)c(Cl)c2C)c1. The molecule has 0 saturated carbocycles. The highest BCUT2D eigenvalue weighted by atomic mass is 35.5. The highest BCUT2D eigenvalue weighted by Gasteiger charge is 2.28. The molecule has 0 radical (unpaired) electrons. The van der Waals surface area contributed by atoms with E-state index in [2.05, 4.69) is 14.3 Å². The number of ether oxygens (including phenoxy) is 5. The number of piperidine rings is 1. The summed E-state index contributed by atoms with van der Waals surface area (Å²) in [5.74, 6) is 1.91. The number of nitrogens with zero attached hydrogens (tertiary/aromatic N) is 5. The third-order valence-corrected chi connectivity index (χ3v) is 12.1. The number of carboxylic acids is 1. The van der Waals surface area contributed by atoms with Gasteiger partial charge in [-0.25, -0.2) is 14.8 Å². The van der Waals surface area contributed by atoms with E-state index in [1.807, 2.05) is 85.8 Å². The first-order valence-electron chi connectivity index (χ1n) is 20.4. The topological polar surface area (TPSA) is 138 Å². The monoisotopic (exact) mass is 871 g/mol. The number of benzene rings is 4. The average Bonchev–Trinajstić information content (AvgIpc) is 3.72. The smallest absolute Gasteiger partial charge is 0.345 e. The number of fused-ring (bicyclic) bond motifs is 1. The van der Waals surface area contributed by atoms with Crippen LogP contribution in [0.1, 0.15) is 36.1 Å². The van der Waals surface area contributed by atoms with Crippen molar-refractivity contribution in [3.63, 3.8) is 0 Å². The summed E-state index contributed by atoms with van der Waals surface area (Å²) in [6, 6.07) is 28.1. The Morgan fingerprint density at radius 2 is 1.68 bits per heavy atom. The van der Waals surface area contributed by atoms with Gasteiger partial charge in [-0.2, -0.15) is 4.37 Å². The van der Waals surface area contributed by atoms with Gasteiger partial charge in [-0.1, -0.05) is 66.6 Å². The summed E-state index contributed by atoms with van der Waals surface area (Å²) in [5, 5.41) is 11.8. The highest BCUT2D eigenvalue weighted by molar-refractivity contribution is 7.13. The Bertz CT molecular complexity index is 2690. The lowest BCUT2D eigenvalue weighted by atomic mass is 9.93. The van der Waals surface area contributed by atoms with Crippen molar-refractivity contribution in [3.05, 3.63) is 125 Å². The van der Waals surface area contributed by atoms with Crippen LogP contribution >= 0.6 is 23.1 Å². The second-order valence-corrected chi connectivity index (χ2v) is 16.0. The summed E-state index contributed by atoms with van der Waals surface area (Å²) in [4.78, 5) is 29.6. The number of halogens is 1. The van der Waals surface area contributed by atoms with E-state index in [1.165, 1.54) is 30.8 Å². The number of hydrogen-bond donors (Lipinski definition) is 1. The van der Waals surface area contributed by atoms with Crippen LogP contribution in [-0.4, -0.2) is 81.9 Å². The first-order valence-corrected chi connectivity index (χ1v) is 21.6. The molecular weight excluding hydrogens is 826 g/mol. The molecule has 7 aromatic rings.